The van der Waals surface area contributed by atoms with Gasteiger partial charge >= 0.3 is 0 Å². The summed E-state index contributed by atoms with van der Waals surface area (Å²) in [6.45, 7) is 4.24. The van der Waals surface area contributed by atoms with Crippen LogP contribution in [0.5, 0.6) is 0 Å². The van der Waals surface area contributed by atoms with Crippen molar-refractivity contribution in [3.05, 3.63) is 29.3 Å². The maximum atomic E-state index is 12.6. The zero-order chi connectivity index (χ0) is 16.7. The van der Waals surface area contributed by atoms with E-state index in [1.165, 1.54) is 0 Å². The Morgan fingerprint density at radius 3 is 2.46 bits per heavy atom. The number of piperidine rings is 1. The van der Waals surface area contributed by atoms with Crippen molar-refractivity contribution in [2.75, 3.05) is 31.1 Å². The van der Waals surface area contributed by atoms with Gasteiger partial charge in [0.15, 0.2) is 0 Å². The van der Waals surface area contributed by atoms with Crippen molar-refractivity contribution in [1.29, 1.82) is 0 Å². The van der Waals surface area contributed by atoms with Crippen molar-refractivity contribution >= 4 is 48.2 Å². The number of rotatable bonds is 2. The number of halogens is 2. The summed E-state index contributed by atoms with van der Waals surface area (Å²) in [4.78, 5) is 39.9. The van der Waals surface area contributed by atoms with E-state index in [4.69, 9.17) is 0 Å². The molecule has 0 aromatic heterocycles. The highest BCUT2D eigenvalue weighted by molar-refractivity contribution is 6.05. The molecule has 1 atom stereocenters. The van der Waals surface area contributed by atoms with Crippen molar-refractivity contribution in [2.45, 2.75) is 25.4 Å². The molecule has 2 saturated heterocycles. The van der Waals surface area contributed by atoms with Crippen LogP contribution in [-0.2, 0) is 16.1 Å². The van der Waals surface area contributed by atoms with Crippen LogP contribution in [0.25, 0.3) is 0 Å². The SMILES string of the molecule is Cl.Cl.O=C1CCC(N2Cc3cc(N4CCNCC4)ccc3C2=O)C(=O)N1. The largest absolute Gasteiger partial charge is 0.369 e. The third-order valence-electron chi connectivity index (χ3n) is 4.99. The molecule has 3 aliphatic rings. The van der Waals surface area contributed by atoms with E-state index < -0.39 is 6.04 Å². The molecule has 2 fully saturated rings. The number of hydrogen-bond acceptors (Lipinski definition) is 5. The summed E-state index contributed by atoms with van der Waals surface area (Å²) in [5.41, 5.74) is 2.74. The fourth-order valence-corrected chi connectivity index (χ4v) is 3.68. The normalized spacial score (nSPS) is 22.3. The Hall–Kier alpha value is -1.83. The Bertz CT molecular complexity index is 722. The summed E-state index contributed by atoms with van der Waals surface area (Å²) in [7, 11) is 0. The summed E-state index contributed by atoms with van der Waals surface area (Å²) >= 11 is 0. The molecule has 0 radical (unpaired) electrons. The van der Waals surface area contributed by atoms with Gasteiger partial charge in [0.2, 0.25) is 11.8 Å². The third kappa shape index (κ3) is 3.65. The fraction of sp³-hybridized carbons (Fsp3) is 0.471. The highest BCUT2D eigenvalue weighted by Crippen LogP contribution is 2.30. The minimum Gasteiger partial charge on any atom is -0.369 e. The van der Waals surface area contributed by atoms with Gasteiger partial charge in [0.1, 0.15) is 6.04 Å². The first kappa shape index (κ1) is 20.5. The van der Waals surface area contributed by atoms with E-state index in [0.717, 1.165) is 37.4 Å². The number of fused-ring (bicyclic) bond motifs is 1. The maximum Gasteiger partial charge on any atom is 0.255 e. The van der Waals surface area contributed by atoms with Crippen LogP contribution >= 0.6 is 24.8 Å². The molecule has 3 aliphatic heterocycles. The van der Waals surface area contributed by atoms with Crippen LogP contribution in [0.2, 0.25) is 0 Å². The van der Waals surface area contributed by atoms with Crippen LogP contribution in [0.3, 0.4) is 0 Å². The van der Waals surface area contributed by atoms with Crippen LogP contribution in [0.1, 0.15) is 28.8 Å². The molecular weight excluding hydrogens is 379 g/mol. The van der Waals surface area contributed by atoms with Gasteiger partial charge in [-0.3, -0.25) is 19.7 Å². The molecule has 0 aliphatic carbocycles. The fourth-order valence-electron chi connectivity index (χ4n) is 3.68. The summed E-state index contributed by atoms with van der Waals surface area (Å²) in [6, 6.07) is 5.35. The molecular formula is C17H22Cl2N4O3. The number of anilines is 1. The predicted molar refractivity (Wildman–Crippen MR) is 102 cm³/mol. The maximum absolute atomic E-state index is 12.6. The van der Waals surface area contributed by atoms with E-state index in [1.54, 1.807) is 4.90 Å². The summed E-state index contributed by atoms with van der Waals surface area (Å²) in [5, 5.41) is 5.66. The molecule has 142 valence electrons. The number of hydrogen-bond donors (Lipinski definition) is 2. The second kappa shape index (κ2) is 8.24. The highest BCUT2D eigenvalue weighted by atomic mass is 35.5. The van der Waals surface area contributed by atoms with Gasteiger partial charge in [-0.2, -0.15) is 0 Å². The van der Waals surface area contributed by atoms with Crippen LogP contribution in [0, 0.1) is 0 Å². The number of nitrogens with zero attached hydrogens (tertiary/aromatic N) is 2. The Balaban J connectivity index is 0.00000121. The van der Waals surface area contributed by atoms with Gasteiger partial charge in [0, 0.05) is 50.4 Å². The van der Waals surface area contributed by atoms with E-state index in [-0.39, 0.29) is 49.0 Å². The smallest absolute Gasteiger partial charge is 0.255 e. The van der Waals surface area contributed by atoms with Gasteiger partial charge in [-0.05, 0) is 30.2 Å². The lowest BCUT2D eigenvalue weighted by atomic mass is 10.0. The van der Waals surface area contributed by atoms with Crippen LogP contribution in [0.15, 0.2) is 18.2 Å². The van der Waals surface area contributed by atoms with Crippen molar-refractivity contribution in [2.24, 2.45) is 0 Å². The molecule has 3 heterocycles. The minimum atomic E-state index is -0.551. The van der Waals surface area contributed by atoms with Crippen molar-refractivity contribution in [1.82, 2.24) is 15.5 Å². The second-order valence-electron chi connectivity index (χ2n) is 6.48. The molecule has 0 bridgehead atoms. The molecule has 26 heavy (non-hydrogen) atoms. The first-order chi connectivity index (χ1) is 11.6. The minimum absolute atomic E-state index is 0. The molecule has 9 heteroatoms. The van der Waals surface area contributed by atoms with Crippen molar-refractivity contribution in [3.63, 3.8) is 0 Å². The predicted octanol–water partition coefficient (Wildman–Crippen LogP) is 0.701. The molecule has 2 N–H and O–H groups in total. The van der Waals surface area contributed by atoms with E-state index in [1.807, 2.05) is 12.1 Å². The van der Waals surface area contributed by atoms with E-state index >= 15 is 0 Å². The van der Waals surface area contributed by atoms with Gasteiger partial charge in [0.05, 0.1) is 0 Å². The Kier molecular flexibility index (Phi) is 6.49. The number of piperazine rings is 1. The molecule has 0 spiro atoms. The lowest BCUT2D eigenvalue weighted by molar-refractivity contribution is -0.136. The molecule has 1 unspecified atom stereocenters. The second-order valence-corrected chi connectivity index (χ2v) is 6.48. The number of amides is 3. The summed E-state index contributed by atoms with van der Waals surface area (Å²) in [5.74, 6) is -0.748. The average Bonchev–Trinajstić information content (AvgIpc) is 2.92. The first-order valence-corrected chi connectivity index (χ1v) is 8.37. The quantitative estimate of drug-likeness (QED) is 0.714. The molecule has 1 aromatic rings. The molecule has 0 saturated carbocycles. The third-order valence-corrected chi connectivity index (χ3v) is 4.99. The summed E-state index contributed by atoms with van der Waals surface area (Å²) in [6.07, 6.45) is 0.678. The van der Waals surface area contributed by atoms with Crippen molar-refractivity contribution in [3.8, 4) is 0 Å². The van der Waals surface area contributed by atoms with Gasteiger partial charge in [-0.25, -0.2) is 0 Å². The zero-order valence-corrected chi connectivity index (χ0v) is 15.8. The first-order valence-electron chi connectivity index (χ1n) is 8.37. The van der Waals surface area contributed by atoms with E-state index in [2.05, 4.69) is 21.6 Å². The monoisotopic (exact) mass is 400 g/mol. The van der Waals surface area contributed by atoms with Crippen LogP contribution in [0.4, 0.5) is 5.69 Å². The standard InChI is InChI=1S/C17H20N4O3.2ClH/c22-15-4-3-14(16(23)19-15)21-10-11-9-12(1-2-13(11)17(21)24)20-7-5-18-6-8-20;;/h1-2,9,14,18H,3-8,10H2,(H,19,22,23);2*1H. The zero-order valence-electron chi connectivity index (χ0n) is 14.2. The van der Waals surface area contributed by atoms with Gasteiger partial charge in [-0.1, -0.05) is 0 Å². The Labute approximate surface area is 164 Å². The Morgan fingerprint density at radius 2 is 1.77 bits per heavy atom. The Morgan fingerprint density at radius 1 is 1.04 bits per heavy atom. The number of carbonyl (C=O) groups excluding carboxylic acids is 3. The lowest BCUT2D eigenvalue weighted by Gasteiger charge is -2.30. The molecule has 1 aromatic carbocycles. The van der Waals surface area contributed by atoms with Crippen LogP contribution in [-0.4, -0.2) is 54.8 Å². The van der Waals surface area contributed by atoms with Crippen LogP contribution < -0.4 is 15.5 Å². The molecule has 7 nitrogen and oxygen atoms in total. The van der Waals surface area contributed by atoms with E-state index in [9.17, 15) is 14.4 Å². The highest BCUT2D eigenvalue weighted by Gasteiger charge is 2.39. The number of benzene rings is 1. The summed E-state index contributed by atoms with van der Waals surface area (Å²) < 4.78 is 0. The molecule has 4 rings (SSSR count). The van der Waals surface area contributed by atoms with E-state index in [0.29, 0.717) is 18.5 Å². The van der Waals surface area contributed by atoms with Gasteiger partial charge in [0.25, 0.3) is 5.91 Å². The number of nitrogens with one attached hydrogen (secondary N) is 2. The van der Waals surface area contributed by atoms with Gasteiger partial charge < -0.3 is 15.1 Å². The lowest BCUT2D eigenvalue weighted by Crippen LogP contribution is -2.52. The number of carbonyl (C=O) groups is 3. The van der Waals surface area contributed by atoms with Gasteiger partial charge in [-0.15, -0.1) is 24.8 Å². The molecule has 3 amide bonds. The average molecular weight is 401 g/mol. The topological polar surface area (TPSA) is 81.8 Å². The van der Waals surface area contributed by atoms with Crippen molar-refractivity contribution < 1.29 is 14.4 Å². The number of imide groups is 1.